The number of hydrogen-bond acceptors (Lipinski definition) is 6. The van der Waals surface area contributed by atoms with Crippen LogP contribution in [0.3, 0.4) is 0 Å². The summed E-state index contributed by atoms with van der Waals surface area (Å²) < 4.78 is 123. The Bertz CT molecular complexity index is 759. The summed E-state index contributed by atoms with van der Waals surface area (Å²) >= 11 is 0. The SMILES string of the molecule is CC(C)(C)[Si](C)(C)OCC(F)(F)CO.CC(C)(C)[Si](C)(C)OCC(F)(F)COS(=O)(=O)C(F)(F)F. The molecular formula is C19H39F7O6SSi2. The molecule has 0 spiro atoms. The van der Waals surface area contributed by atoms with Gasteiger partial charge in [0.1, 0.15) is 26.4 Å². The summed E-state index contributed by atoms with van der Waals surface area (Å²) in [4.78, 5) is 0. The minimum absolute atomic E-state index is 0.0848. The third-order valence-corrected chi connectivity index (χ3v) is 15.8. The van der Waals surface area contributed by atoms with Crippen LogP contribution in [0.25, 0.3) is 0 Å². The Morgan fingerprint density at radius 1 is 0.657 bits per heavy atom. The zero-order chi connectivity index (χ0) is 28.9. The van der Waals surface area contributed by atoms with Gasteiger partial charge in [0, 0.05) is 0 Å². The van der Waals surface area contributed by atoms with Crippen molar-refractivity contribution in [2.24, 2.45) is 0 Å². The van der Waals surface area contributed by atoms with E-state index in [9.17, 15) is 39.2 Å². The molecule has 1 N–H and O–H groups in total. The molecule has 0 unspecified atom stereocenters. The second-order valence-corrected chi connectivity index (χ2v) is 22.4. The molecule has 0 aromatic rings. The van der Waals surface area contributed by atoms with Crippen molar-refractivity contribution < 1.29 is 57.3 Å². The van der Waals surface area contributed by atoms with Crippen molar-refractivity contribution >= 4 is 26.8 Å². The highest BCUT2D eigenvalue weighted by molar-refractivity contribution is 7.87. The van der Waals surface area contributed by atoms with E-state index in [1.807, 2.05) is 33.9 Å². The van der Waals surface area contributed by atoms with E-state index in [0.29, 0.717) is 0 Å². The Labute approximate surface area is 205 Å². The molecule has 0 fully saturated rings. The molecule has 16 heteroatoms. The normalized spacial score (nSPS) is 15.0. The van der Waals surface area contributed by atoms with Gasteiger partial charge in [-0.1, -0.05) is 41.5 Å². The quantitative estimate of drug-likeness (QED) is 0.144. The van der Waals surface area contributed by atoms with E-state index in [1.54, 1.807) is 33.9 Å². The van der Waals surface area contributed by atoms with Crippen LogP contribution in [0.2, 0.25) is 36.3 Å². The maximum Gasteiger partial charge on any atom is 0.523 e. The van der Waals surface area contributed by atoms with Crippen LogP contribution in [0.4, 0.5) is 30.7 Å². The smallest absolute Gasteiger partial charge is 0.411 e. The summed E-state index contributed by atoms with van der Waals surface area (Å²) in [5, 5.41) is 7.92. The fourth-order valence-electron chi connectivity index (χ4n) is 1.32. The van der Waals surface area contributed by atoms with Crippen molar-refractivity contribution in [3.8, 4) is 0 Å². The second kappa shape index (κ2) is 12.1. The lowest BCUT2D eigenvalue weighted by atomic mass is 10.2. The molecule has 0 atom stereocenters. The van der Waals surface area contributed by atoms with Crippen LogP contribution in [0.15, 0.2) is 0 Å². The van der Waals surface area contributed by atoms with Crippen molar-refractivity contribution in [2.45, 2.75) is 95.2 Å². The molecule has 0 bridgehead atoms. The zero-order valence-electron chi connectivity index (χ0n) is 21.9. The summed E-state index contributed by atoms with van der Waals surface area (Å²) in [6.45, 7) is 13.5. The van der Waals surface area contributed by atoms with Gasteiger partial charge in [0.25, 0.3) is 11.8 Å². The summed E-state index contributed by atoms with van der Waals surface area (Å²) in [6, 6.07) is 0. The van der Waals surface area contributed by atoms with Gasteiger partial charge in [-0.3, -0.25) is 4.18 Å². The number of hydrogen-bond donors (Lipinski definition) is 1. The fraction of sp³-hybridized carbons (Fsp3) is 1.00. The van der Waals surface area contributed by atoms with Crippen LogP contribution in [0, 0.1) is 0 Å². The molecule has 0 heterocycles. The van der Waals surface area contributed by atoms with Crippen LogP contribution < -0.4 is 0 Å². The highest BCUT2D eigenvalue weighted by atomic mass is 32.2. The lowest BCUT2D eigenvalue weighted by Gasteiger charge is -2.37. The van der Waals surface area contributed by atoms with Gasteiger partial charge in [0.05, 0.1) is 0 Å². The van der Waals surface area contributed by atoms with Crippen molar-refractivity contribution in [3.05, 3.63) is 0 Å². The number of alkyl halides is 7. The molecule has 0 radical (unpaired) electrons. The van der Waals surface area contributed by atoms with E-state index in [2.05, 4.69) is 4.18 Å². The highest BCUT2D eigenvalue weighted by Gasteiger charge is 2.49. The van der Waals surface area contributed by atoms with E-state index >= 15 is 0 Å². The molecule has 0 rings (SSSR count). The summed E-state index contributed by atoms with van der Waals surface area (Å²) in [5.74, 6) is -6.96. The lowest BCUT2D eigenvalue weighted by molar-refractivity contribution is -0.0891. The van der Waals surface area contributed by atoms with E-state index in [1.165, 1.54) is 0 Å². The van der Waals surface area contributed by atoms with Crippen molar-refractivity contribution in [1.29, 1.82) is 0 Å². The van der Waals surface area contributed by atoms with Gasteiger partial charge in [-0.2, -0.15) is 21.6 Å². The summed E-state index contributed by atoms with van der Waals surface area (Å²) in [6.07, 6.45) is 0. The molecule has 0 aromatic carbocycles. The first-order valence-electron chi connectivity index (χ1n) is 10.5. The topological polar surface area (TPSA) is 82.1 Å². The van der Waals surface area contributed by atoms with E-state index in [4.69, 9.17) is 14.0 Å². The molecule has 0 aromatic heterocycles. The van der Waals surface area contributed by atoms with Crippen LogP contribution in [-0.2, 0) is 23.2 Å². The first-order valence-corrected chi connectivity index (χ1v) is 17.8. The number of aliphatic hydroxyl groups is 1. The van der Waals surface area contributed by atoms with Crippen molar-refractivity contribution in [3.63, 3.8) is 0 Å². The molecule has 214 valence electrons. The number of halogens is 7. The molecule has 35 heavy (non-hydrogen) atoms. The average molecular weight is 585 g/mol. The fourth-order valence-corrected chi connectivity index (χ4v) is 3.79. The maximum atomic E-state index is 13.4. The molecule has 6 nitrogen and oxygen atoms in total. The van der Waals surface area contributed by atoms with Crippen molar-refractivity contribution in [1.82, 2.24) is 0 Å². The molecule has 0 aliphatic carbocycles. The highest BCUT2D eigenvalue weighted by Crippen LogP contribution is 2.38. The van der Waals surface area contributed by atoms with Gasteiger partial charge in [0.15, 0.2) is 16.6 Å². The van der Waals surface area contributed by atoms with Crippen LogP contribution in [-0.4, -0.2) is 73.9 Å². The second-order valence-electron chi connectivity index (χ2n) is 11.1. The molecule has 0 amide bonds. The Morgan fingerprint density at radius 2 is 0.971 bits per heavy atom. The minimum Gasteiger partial charge on any atom is -0.411 e. The van der Waals surface area contributed by atoms with Gasteiger partial charge in [-0.15, -0.1) is 0 Å². The summed E-state index contributed by atoms with van der Waals surface area (Å²) in [7, 11) is -10.7. The summed E-state index contributed by atoms with van der Waals surface area (Å²) in [5.41, 5.74) is -5.73. The van der Waals surface area contributed by atoms with E-state index in [0.717, 1.165) is 0 Å². The van der Waals surface area contributed by atoms with Gasteiger partial charge in [-0.05, 0) is 36.3 Å². The monoisotopic (exact) mass is 584 g/mol. The number of rotatable bonds is 10. The predicted octanol–water partition coefficient (Wildman–Crippen LogP) is 6.15. The van der Waals surface area contributed by atoms with Crippen LogP contribution in [0.5, 0.6) is 0 Å². The first kappa shape index (κ1) is 36.9. The van der Waals surface area contributed by atoms with Crippen LogP contribution >= 0.6 is 0 Å². The van der Waals surface area contributed by atoms with Crippen LogP contribution in [0.1, 0.15) is 41.5 Å². The standard InChI is InChI=1S/C10H19F5O4SSi.C9H20F2O2Si/c1-8(2,3)21(4,5)19-7-9(11,12)6-18-20(16,17)10(13,14)15;1-8(2,3)14(4,5)13-7-9(10,11)6-12/h6-7H2,1-5H3;12H,6-7H2,1-5H3. The first-order chi connectivity index (χ1) is 14.9. The zero-order valence-corrected chi connectivity index (χ0v) is 24.7. The number of aliphatic hydroxyl groups excluding tert-OH is 1. The third kappa shape index (κ3) is 13.2. The Hall–Kier alpha value is -0.266. The minimum atomic E-state index is -6.04. The Morgan fingerprint density at radius 3 is 1.23 bits per heavy atom. The molecular weight excluding hydrogens is 545 g/mol. The maximum absolute atomic E-state index is 13.4. The average Bonchev–Trinajstić information content (AvgIpc) is 2.62. The van der Waals surface area contributed by atoms with Gasteiger partial charge < -0.3 is 14.0 Å². The third-order valence-electron chi connectivity index (χ3n) is 5.84. The van der Waals surface area contributed by atoms with Gasteiger partial charge >= 0.3 is 15.6 Å². The lowest BCUT2D eigenvalue weighted by Crippen LogP contribution is -2.45. The van der Waals surface area contributed by atoms with E-state index < -0.39 is 70.5 Å². The van der Waals surface area contributed by atoms with Crippen molar-refractivity contribution in [2.75, 3.05) is 26.4 Å². The largest absolute Gasteiger partial charge is 0.523 e. The molecule has 0 saturated carbocycles. The van der Waals surface area contributed by atoms with Gasteiger partial charge in [0.2, 0.25) is 0 Å². The Balaban J connectivity index is 0. The van der Waals surface area contributed by atoms with E-state index in [-0.39, 0.29) is 10.1 Å². The predicted molar refractivity (Wildman–Crippen MR) is 124 cm³/mol. The molecule has 0 saturated heterocycles. The molecule has 0 aliphatic rings. The Kier molecular flexibility index (Phi) is 12.7. The van der Waals surface area contributed by atoms with Gasteiger partial charge in [-0.25, -0.2) is 17.6 Å². The molecule has 0 aliphatic heterocycles.